The molecule has 0 radical (unpaired) electrons. The minimum atomic E-state index is -2.65. The molecule has 7 heteroatoms. The highest BCUT2D eigenvalue weighted by atomic mass is 19.3. The number of alkyl halides is 2. The third kappa shape index (κ3) is 1.97. The average molecular weight is 227 g/mol. The maximum absolute atomic E-state index is 12.2. The molecule has 0 unspecified atom stereocenters. The van der Waals surface area contributed by atoms with Crippen LogP contribution in [0.4, 0.5) is 8.78 Å². The standard InChI is InChI=1S/C9H7F2N3O2/c10-7(11)5-14-8(13-16-9(14)15)6-3-1-2-4-12-6/h1-4,7H,5H2. The maximum Gasteiger partial charge on any atom is 0.442 e. The molecule has 2 heterocycles. The lowest BCUT2D eigenvalue weighted by Gasteiger charge is -2.01. The van der Waals surface area contributed by atoms with Crippen LogP contribution in [0, 0.1) is 0 Å². The van der Waals surface area contributed by atoms with Crippen LogP contribution < -0.4 is 5.76 Å². The van der Waals surface area contributed by atoms with Crippen LogP contribution in [0.2, 0.25) is 0 Å². The molecule has 0 bridgehead atoms. The number of nitrogens with zero attached hydrogens (tertiary/aromatic N) is 3. The normalized spacial score (nSPS) is 10.9. The minimum Gasteiger partial charge on any atom is -0.295 e. The molecule has 0 amide bonds. The Morgan fingerprint density at radius 2 is 2.25 bits per heavy atom. The van der Waals surface area contributed by atoms with Gasteiger partial charge < -0.3 is 0 Å². The largest absolute Gasteiger partial charge is 0.442 e. The molecule has 0 saturated heterocycles. The van der Waals surface area contributed by atoms with Crippen molar-refractivity contribution in [3.63, 3.8) is 0 Å². The van der Waals surface area contributed by atoms with Crippen molar-refractivity contribution in [2.45, 2.75) is 13.0 Å². The first kappa shape index (κ1) is 10.5. The van der Waals surface area contributed by atoms with E-state index in [0.29, 0.717) is 5.69 Å². The fourth-order valence-electron chi connectivity index (χ4n) is 1.25. The summed E-state index contributed by atoms with van der Waals surface area (Å²) in [5.41, 5.74) is 0.314. The van der Waals surface area contributed by atoms with Crippen molar-refractivity contribution in [2.24, 2.45) is 0 Å². The number of rotatable bonds is 3. The van der Waals surface area contributed by atoms with Crippen molar-refractivity contribution in [1.29, 1.82) is 0 Å². The highest BCUT2D eigenvalue weighted by Crippen LogP contribution is 2.12. The lowest BCUT2D eigenvalue weighted by atomic mass is 10.3. The van der Waals surface area contributed by atoms with Gasteiger partial charge in [0.1, 0.15) is 5.69 Å². The summed E-state index contributed by atoms with van der Waals surface area (Å²) in [6.45, 7) is -0.756. The van der Waals surface area contributed by atoms with Gasteiger partial charge >= 0.3 is 5.76 Å². The quantitative estimate of drug-likeness (QED) is 0.789. The second-order valence-electron chi connectivity index (χ2n) is 2.99. The van der Waals surface area contributed by atoms with Gasteiger partial charge in [0.05, 0.1) is 6.54 Å². The Balaban J connectivity index is 2.46. The van der Waals surface area contributed by atoms with Gasteiger partial charge in [-0.15, -0.1) is 0 Å². The Morgan fingerprint density at radius 3 is 2.88 bits per heavy atom. The van der Waals surface area contributed by atoms with Gasteiger partial charge in [-0.1, -0.05) is 11.2 Å². The van der Waals surface area contributed by atoms with E-state index in [0.717, 1.165) is 4.57 Å². The van der Waals surface area contributed by atoms with Crippen molar-refractivity contribution < 1.29 is 13.3 Å². The topological polar surface area (TPSA) is 60.9 Å². The predicted octanol–water partition coefficient (Wildman–Crippen LogP) is 1.16. The maximum atomic E-state index is 12.2. The first-order valence-corrected chi connectivity index (χ1v) is 4.44. The van der Waals surface area contributed by atoms with Gasteiger partial charge in [-0.3, -0.25) is 9.51 Å². The molecule has 16 heavy (non-hydrogen) atoms. The van der Waals surface area contributed by atoms with Gasteiger partial charge in [0.25, 0.3) is 6.43 Å². The first-order valence-electron chi connectivity index (χ1n) is 4.44. The van der Waals surface area contributed by atoms with Crippen molar-refractivity contribution in [3.8, 4) is 11.5 Å². The first-order chi connectivity index (χ1) is 7.68. The monoisotopic (exact) mass is 227 g/mol. The Kier molecular flexibility index (Phi) is 2.76. The molecule has 2 rings (SSSR count). The fraction of sp³-hybridized carbons (Fsp3) is 0.222. The zero-order valence-electron chi connectivity index (χ0n) is 8.01. The van der Waals surface area contributed by atoms with E-state index >= 15 is 0 Å². The van der Waals surface area contributed by atoms with Crippen LogP contribution in [-0.4, -0.2) is 21.1 Å². The summed E-state index contributed by atoms with van der Waals surface area (Å²) >= 11 is 0. The van der Waals surface area contributed by atoms with E-state index in [9.17, 15) is 13.6 Å². The van der Waals surface area contributed by atoms with Crippen molar-refractivity contribution in [1.82, 2.24) is 14.7 Å². The molecular formula is C9H7F2N3O2. The average Bonchev–Trinajstić information content (AvgIpc) is 2.61. The highest BCUT2D eigenvalue weighted by Gasteiger charge is 2.16. The zero-order chi connectivity index (χ0) is 11.5. The van der Waals surface area contributed by atoms with E-state index in [2.05, 4.69) is 14.7 Å². The summed E-state index contributed by atoms with van der Waals surface area (Å²) in [6, 6.07) is 4.88. The van der Waals surface area contributed by atoms with Gasteiger partial charge in [-0.2, -0.15) is 0 Å². The molecule has 0 atom stereocenters. The molecule has 0 aromatic carbocycles. The molecule has 0 aliphatic rings. The highest BCUT2D eigenvalue weighted by molar-refractivity contribution is 5.47. The van der Waals surface area contributed by atoms with Crippen LogP contribution in [-0.2, 0) is 6.54 Å². The van der Waals surface area contributed by atoms with Gasteiger partial charge in [-0.05, 0) is 12.1 Å². The fourth-order valence-corrected chi connectivity index (χ4v) is 1.25. The number of hydrogen-bond acceptors (Lipinski definition) is 4. The summed E-state index contributed by atoms with van der Waals surface area (Å²) in [4.78, 5) is 15.0. The number of halogens is 2. The van der Waals surface area contributed by atoms with E-state index in [4.69, 9.17) is 0 Å². The van der Waals surface area contributed by atoms with Crippen molar-refractivity contribution in [3.05, 3.63) is 34.9 Å². The summed E-state index contributed by atoms with van der Waals surface area (Å²) in [5.74, 6) is -0.910. The van der Waals surface area contributed by atoms with E-state index in [1.807, 2.05) is 0 Å². The smallest absolute Gasteiger partial charge is 0.295 e. The number of pyridine rings is 1. The molecule has 5 nitrogen and oxygen atoms in total. The van der Waals surface area contributed by atoms with Crippen molar-refractivity contribution in [2.75, 3.05) is 0 Å². The van der Waals surface area contributed by atoms with Crippen LogP contribution in [0.3, 0.4) is 0 Å². The molecule has 2 aromatic rings. The molecule has 0 fully saturated rings. The Hall–Kier alpha value is -2.05. The van der Waals surface area contributed by atoms with Crippen LogP contribution in [0.1, 0.15) is 0 Å². The number of hydrogen-bond donors (Lipinski definition) is 0. The van der Waals surface area contributed by atoms with Crippen LogP contribution in [0.5, 0.6) is 0 Å². The van der Waals surface area contributed by atoms with E-state index < -0.39 is 18.7 Å². The Labute approximate surface area is 88.3 Å². The van der Waals surface area contributed by atoms with E-state index in [1.165, 1.54) is 6.20 Å². The molecule has 0 N–H and O–H groups in total. The third-order valence-electron chi connectivity index (χ3n) is 1.90. The van der Waals surface area contributed by atoms with Crippen LogP contribution >= 0.6 is 0 Å². The van der Waals surface area contributed by atoms with Gasteiger partial charge in [0.15, 0.2) is 0 Å². The second kappa shape index (κ2) is 4.21. The summed E-state index contributed by atoms with van der Waals surface area (Å²) in [7, 11) is 0. The van der Waals surface area contributed by atoms with Crippen LogP contribution in [0.15, 0.2) is 33.7 Å². The summed E-state index contributed by atoms with van der Waals surface area (Å²) in [5, 5.41) is 3.42. The SMILES string of the molecule is O=c1onc(-c2ccccn2)n1CC(F)F. The summed E-state index contributed by atoms with van der Waals surface area (Å²) in [6.07, 6.45) is -1.18. The van der Waals surface area contributed by atoms with Crippen LogP contribution in [0.25, 0.3) is 11.5 Å². The lowest BCUT2D eigenvalue weighted by molar-refractivity contribution is 0.124. The molecule has 0 spiro atoms. The van der Waals surface area contributed by atoms with Gasteiger partial charge in [0, 0.05) is 6.20 Å². The van der Waals surface area contributed by atoms with Gasteiger partial charge in [0.2, 0.25) is 5.82 Å². The second-order valence-corrected chi connectivity index (χ2v) is 2.99. The molecule has 2 aromatic heterocycles. The third-order valence-corrected chi connectivity index (χ3v) is 1.90. The van der Waals surface area contributed by atoms with Crippen molar-refractivity contribution >= 4 is 0 Å². The molecular weight excluding hydrogens is 220 g/mol. The van der Waals surface area contributed by atoms with Gasteiger partial charge in [-0.25, -0.2) is 18.1 Å². The Morgan fingerprint density at radius 1 is 1.44 bits per heavy atom. The zero-order valence-corrected chi connectivity index (χ0v) is 8.01. The molecule has 0 aliphatic carbocycles. The minimum absolute atomic E-state index is 0.00546. The summed E-state index contributed by atoms with van der Waals surface area (Å²) < 4.78 is 29.5. The lowest BCUT2D eigenvalue weighted by Crippen LogP contribution is -2.19. The predicted molar refractivity (Wildman–Crippen MR) is 50.0 cm³/mol. The molecule has 0 aliphatic heterocycles. The number of aromatic nitrogens is 3. The van der Waals surface area contributed by atoms with E-state index in [-0.39, 0.29) is 5.82 Å². The Bertz CT molecular complexity index is 521. The van der Waals surface area contributed by atoms with E-state index in [1.54, 1.807) is 18.2 Å². The molecule has 84 valence electrons. The molecule has 0 saturated carbocycles.